The number of hydrogen-bond acceptors (Lipinski definition) is 6. The van der Waals surface area contributed by atoms with Gasteiger partial charge in [0.1, 0.15) is 0 Å². The number of aromatic nitrogens is 2. The van der Waals surface area contributed by atoms with Gasteiger partial charge in [-0.1, -0.05) is 36.7 Å². The van der Waals surface area contributed by atoms with Crippen molar-refractivity contribution in [3.8, 4) is 11.5 Å². The minimum absolute atomic E-state index is 0.263. The molecule has 2 N–H and O–H groups in total. The maximum Gasteiger partial charge on any atom is 0.260 e. The number of nitrogen functional groups attached to an aromatic ring is 1. The van der Waals surface area contributed by atoms with Crippen LogP contribution in [0.3, 0.4) is 0 Å². The first-order chi connectivity index (χ1) is 10.1. The Labute approximate surface area is 137 Å². The molecule has 3 rings (SSSR count). The summed E-state index contributed by atoms with van der Waals surface area (Å²) in [6.07, 6.45) is 0. The van der Waals surface area contributed by atoms with E-state index in [4.69, 9.17) is 21.9 Å². The van der Waals surface area contributed by atoms with Crippen molar-refractivity contribution in [1.82, 2.24) is 10.1 Å². The number of para-hydroxylation sites is 1. The van der Waals surface area contributed by atoms with E-state index in [1.165, 1.54) is 0 Å². The number of anilines is 1. The fourth-order valence-corrected chi connectivity index (χ4v) is 5.13. The summed E-state index contributed by atoms with van der Waals surface area (Å²) >= 11 is 9.88. The van der Waals surface area contributed by atoms with E-state index in [2.05, 4.69) is 24.0 Å². The summed E-state index contributed by atoms with van der Waals surface area (Å²) in [6.45, 7) is 4.50. The number of rotatable bonds is 2. The first kappa shape index (κ1) is 15.1. The summed E-state index contributed by atoms with van der Waals surface area (Å²) in [7, 11) is 0. The lowest BCUT2D eigenvalue weighted by Gasteiger charge is -2.29. The van der Waals surface area contributed by atoms with Crippen LogP contribution in [-0.2, 0) is 0 Å². The van der Waals surface area contributed by atoms with E-state index in [0.717, 1.165) is 11.6 Å². The van der Waals surface area contributed by atoms with Crippen LogP contribution in [0.1, 0.15) is 24.9 Å². The van der Waals surface area contributed by atoms with E-state index in [-0.39, 0.29) is 5.25 Å². The van der Waals surface area contributed by atoms with Crippen LogP contribution in [0.25, 0.3) is 11.5 Å². The van der Waals surface area contributed by atoms with Crippen LogP contribution in [0, 0.1) is 0 Å². The number of thioether (sulfide) groups is 2. The summed E-state index contributed by atoms with van der Waals surface area (Å²) in [6, 6.07) is 5.41. The van der Waals surface area contributed by atoms with E-state index in [1.54, 1.807) is 6.07 Å². The van der Waals surface area contributed by atoms with E-state index < -0.39 is 0 Å². The van der Waals surface area contributed by atoms with Crippen molar-refractivity contribution in [1.29, 1.82) is 0 Å². The molecule has 0 saturated carbocycles. The Bertz CT molecular complexity index is 649. The summed E-state index contributed by atoms with van der Waals surface area (Å²) in [5, 5.41) is 6.12. The summed E-state index contributed by atoms with van der Waals surface area (Å²) < 4.78 is 5.38. The van der Waals surface area contributed by atoms with Crippen molar-refractivity contribution in [2.75, 3.05) is 11.5 Å². The first-order valence-electron chi connectivity index (χ1n) is 6.71. The van der Waals surface area contributed by atoms with Crippen molar-refractivity contribution in [3.63, 3.8) is 0 Å². The Kier molecular flexibility index (Phi) is 4.38. The summed E-state index contributed by atoms with van der Waals surface area (Å²) in [5.41, 5.74) is 7.14. The molecule has 2 aromatic rings. The smallest absolute Gasteiger partial charge is 0.260 e. The molecule has 7 heteroatoms. The van der Waals surface area contributed by atoms with Gasteiger partial charge in [-0.05, 0) is 12.1 Å². The molecule has 1 aromatic heterocycles. The van der Waals surface area contributed by atoms with Gasteiger partial charge in [-0.2, -0.15) is 16.7 Å². The molecule has 1 saturated heterocycles. The van der Waals surface area contributed by atoms with Crippen molar-refractivity contribution in [2.24, 2.45) is 0 Å². The highest BCUT2D eigenvalue weighted by Crippen LogP contribution is 2.43. The van der Waals surface area contributed by atoms with E-state index in [1.807, 2.05) is 35.7 Å². The summed E-state index contributed by atoms with van der Waals surface area (Å²) in [4.78, 5) is 4.52. The van der Waals surface area contributed by atoms with Gasteiger partial charge in [0.05, 0.1) is 21.5 Å². The van der Waals surface area contributed by atoms with Gasteiger partial charge in [0.2, 0.25) is 0 Å². The second-order valence-corrected chi connectivity index (χ2v) is 8.43. The predicted octanol–water partition coefficient (Wildman–Crippen LogP) is 4.27. The van der Waals surface area contributed by atoms with Crippen LogP contribution in [0.4, 0.5) is 5.69 Å². The average molecular weight is 342 g/mol. The molecule has 1 aromatic carbocycles. The average Bonchev–Trinajstić information content (AvgIpc) is 2.94. The molecular weight excluding hydrogens is 326 g/mol. The van der Waals surface area contributed by atoms with E-state index in [9.17, 15) is 0 Å². The van der Waals surface area contributed by atoms with E-state index in [0.29, 0.717) is 32.7 Å². The normalized spacial score (nSPS) is 26.0. The quantitative estimate of drug-likeness (QED) is 0.823. The SMILES string of the molecule is CC1SCC(c2noc(-c3cccc(Cl)c3N)n2)SC1C. The number of nitrogens with two attached hydrogens (primary N) is 1. The van der Waals surface area contributed by atoms with Gasteiger partial charge in [-0.25, -0.2) is 0 Å². The molecule has 0 radical (unpaired) electrons. The molecular formula is C14H16ClN3OS2. The van der Waals surface area contributed by atoms with Gasteiger partial charge < -0.3 is 10.3 Å². The van der Waals surface area contributed by atoms with Crippen LogP contribution in [-0.4, -0.2) is 26.4 Å². The monoisotopic (exact) mass is 341 g/mol. The lowest BCUT2D eigenvalue weighted by Crippen LogP contribution is -2.22. The van der Waals surface area contributed by atoms with Gasteiger partial charge in [0.25, 0.3) is 5.89 Å². The second kappa shape index (κ2) is 6.10. The zero-order valence-electron chi connectivity index (χ0n) is 11.7. The number of benzene rings is 1. The molecule has 0 aliphatic carbocycles. The Morgan fingerprint density at radius 2 is 2.14 bits per heavy atom. The predicted molar refractivity (Wildman–Crippen MR) is 90.9 cm³/mol. The molecule has 1 aliphatic heterocycles. The first-order valence-corrected chi connectivity index (χ1v) is 9.08. The lowest BCUT2D eigenvalue weighted by atomic mass is 10.2. The third-order valence-corrected chi connectivity index (χ3v) is 7.28. The molecule has 2 heterocycles. The van der Waals surface area contributed by atoms with Gasteiger partial charge in [0, 0.05) is 16.3 Å². The molecule has 4 nitrogen and oxygen atoms in total. The topological polar surface area (TPSA) is 64.9 Å². The second-order valence-electron chi connectivity index (χ2n) is 5.03. The minimum atomic E-state index is 0.263. The molecule has 3 unspecified atom stereocenters. The van der Waals surface area contributed by atoms with Gasteiger partial charge in [-0.3, -0.25) is 0 Å². The lowest BCUT2D eigenvalue weighted by molar-refractivity contribution is 0.423. The largest absolute Gasteiger partial charge is 0.397 e. The molecule has 0 amide bonds. The van der Waals surface area contributed by atoms with Crippen LogP contribution < -0.4 is 5.73 Å². The molecule has 0 bridgehead atoms. The van der Waals surface area contributed by atoms with Crippen LogP contribution >= 0.6 is 35.1 Å². The van der Waals surface area contributed by atoms with Crippen LogP contribution in [0.2, 0.25) is 5.02 Å². The number of hydrogen-bond donors (Lipinski definition) is 1. The van der Waals surface area contributed by atoms with Gasteiger partial charge in [-0.15, -0.1) is 11.8 Å². The third kappa shape index (κ3) is 3.03. The Morgan fingerprint density at radius 3 is 2.90 bits per heavy atom. The number of halogens is 1. The zero-order chi connectivity index (χ0) is 15.0. The maximum absolute atomic E-state index is 6.03. The molecule has 3 atom stereocenters. The fourth-order valence-electron chi connectivity index (χ4n) is 2.12. The highest BCUT2D eigenvalue weighted by Gasteiger charge is 2.30. The molecule has 0 spiro atoms. The third-order valence-electron chi connectivity index (χ3n) is 3.56. The van der Waals surface area contributed by atoms with Crippen molar-refractivity contribution >= 4 is 40.8 Å². The van der Waals surface area contributed by atoms with Gasteiger partial charge >= 0.3 is 0 Å². The summed E-state index contributed by atoms with van der Waals surface area (Å²) in [5.74, 6) is 2.17. The van der Waals surface area contributed by atoms with Gasteiger partial charge in [0.15, 0.2) is 5.82 Å². The maximum atomic E-state index is 6.03. The molecule has 21 heavy (non-hydrogen) atoms. The highest BCUT2D eigenvalue weighted by atomic mass is 35.5. The Balaban J connectivity index is 1.85. The molecule has 112 valence electrons. The van der Waals surface area contributed by atoms with Crippen molar-refractivity contribution in [2.45, 2.75) is 29.6 Å². The zero-order valence-corrected chi connectivity index (χ0v) is 14.1. The Hall–Kier alpha value is -0.850. The Morgan fingerprint density at radius 1 is 1.33 bits per heavy atom. The fraction of sp³-hybridized carbons (Fsp3) is 0.429. The van der Waals surface area contributed by atoms with Crippen LogP contribution in [0.15, 0.2) is 22.7 Å². The standard InChI is InChI=1S/C14H16ClN3OS2/c1-7-8(2)21-11(6-20-7)13-17-14(19-18-13)9-4-3-5-10(15)12(9)16/h3-5,7-8,11H,6,16H2,1-2H3. The van der Waals surface area contributed by atoms with Crippen LogP contribution in [0.5, 0.6) is 0 Å². The highest BCUT2D eigenvalue weighted by molar-refractivity contribution is 8.07. The molecule has 1 fully saturated rings. The minimum Gasteiger partial charge on any atom is -0.397 e. The van der Waals surface area contributed by atoms with Crippen molar-refractivity contribution in [3.05, 3.63) is 29.0 Å². The van der Waals surface area contributed by atoms with Crippen molar-refractivity contribution < 1.29 is 4.52 Å². The number of nitrogens with zero attached hydrogens (tertiary/aromatic N) is 2. The van der Waals surface area contributed by atoms with E-state index >= 15 is 0 Å². The molecule has 1 aliphatic rings.